The number of nitrogens with two attached hydrogens (primary N) is 1. The van der Waals surface area contributed by atoms with Crippen molar-refractivity contribution in [3.8, 4) is 0 Å². The van der Waals surface area contributed by atoms with Crippen LogP contribution in [0.5, 0.6) is 0 Å². The summed E-state index contributed by atoms with van der Waals surface area (Å²) in [5.41, 5.74) is 5.96. The van der Waals surface area contributed by atoms with E-state index in [0.29, 0.717) is 18.4 Å². The highest BCUT2D eigenvalue weighted by Gasteiger charge is 2.36. The number of nitrogens with one attached hydrogen (secondary N) is 5. The minimum absolute atomic E-state index is 0.0109. The highest BCUT2D eigenvalue weighted by atomic mass is 16.4. The number of benzene rings is 1. The molecule has 1 rings (SSSR count). The monoisotopic (exact) mass is 646 g/mol. The Balaban J connectivity index is 3.30. The van der Waals surface area contributed by atoms with Crippen molar-refractivity contribution in [1.82, 2.24) is 26.6 Å². The highest BCUT2D eigenvalue weighted by molar-refractivity contribution is 5.97. The summed E-state index contributed by atoms with van der Waals surface area (Å²) in [4.78, 5) is 88.7. The van der Waals surface area contributed by atoms with Crippen LogP contribution in [0, 0.1) is 17.8 Å². The van der Waals surface area contributed by atoms with Crippen molar-refractivity contribution < 1.29 is 38.7 Å². The normalized spacial score (nSPS) is 15.6. The number of aliphatic carboxylic acids is 1. The lowest BCUT2D eigenvalue weighted by molar-refractivity contribution is -0.140. The first-order chi connectivity index (χ1) is 21.5. The van der Waals surface area contributed by atoms with Crippen LogP contribution in [0.4, 0.5) is 0 Å². The number of primary amides is 1. The molecule has 14 heteroatoms. The molecule has 14 nitrogen and oxygen atoms in total. The molecule has 8 N–H and O–H groups in total. The van der Waals surface area contributed by atoms with Crippen LogP contribution in [-0.2, 0) is 40.0 Å². The first-order valence-electron chi connectivity index (χ1n) is 15.6. The maximum Gasteiger partial charge on any atom is 0.305 e. The molecule has 1 aromatic rings. The van der Waals surface area contributed by atoms with Crippen molar-refractivity contribution in [1.29, 1.82) is 0 Å². The van der Waals surface area contributed by atoms with Crippen LogP contribution in [0.2, 0.25) is 0 Å². The Hall–Kier alpha value is -4.49. The van der Waals surface area contributed by atoms with Gasteiger partial charge >= 0.3 is 5.97 Å². The molecule has 0 spiro atoms. The van der Waals surface area contributed by atoms with Crippen molar-refractivity contribution >= 4 is 41.4 Å². The largest absolute Gasteiger partial charge is 0.481 e. The molecule has 0 fully saturated rings. The SMILES string of the molecule is CC[C@H](C)[C@H](NC(C)=O)C(=O)N[C@H](C(=O)N[C@H](C(=O)N[C@@H](Cc1ccccc1)C(=O)N[C@@H](CC(=O)O)C(N)=O)[C@@H](C)CC)C(C)C. The molecule has 0 saturated carbocycles. The fraction of sp³-hybridized carbons (Fsp3) is 0.594. The summed E-state index contributed by atoms with van der Waals surface area (Å²) in [7, 11) is 0. The van der Waals surface area contributed by atoms with Crippen molar-refractivity contribution in [3.05, 3.63) is 35.9 Å². The van der Waals surface area contributed by atoms with Crippen molar-refractivity contribution in [2.75, 3.05) is 0 Å². The van der Waals surface area contributed by atoms with Gasteiger partial charge in [-0.15, -0.1) is 0 Å². The molecule has 0 bridgehead atoms. The molecule has 0 aliphatic carbocycles. The van der Waals surface area contributed by atoms with E-state index < -0.39 is 89.9 Å². The average molecular weight is 647 g/mol. The molecule has 7 atom stereocenters. The van der Waals surface area contributed by atoms with Gasteiger partial charge < -0.3 is 37.4 Å². The van der Waals surface area contributed by atoms with Gasteiger partial charge in [-0.3, -0.25) is 33.6 Å². The molecular formula is C32H50N6O8. The topological polar surface area (TPSA) is 226 Å². The second-order valence-corrected chi connectivity index (χ2v) is 12.0. The zero-order chi connectivity index (χ0) is 35.1. The van der Waals surface area contributed by atoms with Crippen molar-refractivity contribution in [2.24, 2.45) is 23.5 Å². The Labute approximate surface area is 270 Å². The van der Waals surface area contributed by atoms with Gasteiger partial charge in [0.15, 0.2) is 0 Å². The van der Waals surface area contributed by atoms with Crippen molar-refractivity contribution in [3.63, 3.8) is 0 Å². The first-order valence-corrected chi connectivity index (χ1v) is 15.6. The third kappa shape index (κ3) is 12.9. The molecule has 0 aliphatic rings. The van der Waals surface area contributed by atoms with Crippen LogP contribution in [0.25, 0.3) is 0 Å². The second kappa shape index (κ2) is 19.1. The number of hydrogen-bond acceptors (Lipinski definition) is 7. The standard InChI is InChI=1S/C32H50N6O8/c1-8-18(5)26(34-20(7)39)32(46)37-25(17(3)4)30(44)38-27(19(6)9-2)31(45)36-23(15-21-13-11-10-12-14-21)29(43)35-22(28(33)42)16-24(40)41/h10-14,17-19,22-23,25-27H,8-9,15-16H2,1-7H3,(H2,33,42)(H,34,39)(H,35,43)(H,36,45)(H,37,46)(H,38,44)(H,40,41)/t18-,19-,22-,23-,25-,26-,27-/m0/s1. The average Bonchev–Trinajstić information content (AvgIpc) is 2.99. The molecule has 0 heterocycles. The van der Waals surface area contributed by atoms with Gasteiger partial charge in [-0.25, -0.2) is 0 Å². The van der Waals surface area contributed by atoms with E-state index in [1.165, 1.54) is 6.92 Å². The van der Waals surface area contributed by atoms with Gasteiger partial charge in [0.05, 0.1) is 6.42 Å². The van der Waals surface area contributed by atoms with Crippen LogP contribution >= 0.6 is 0 Å². The lowest BCUT2D eigenvalue weighted by Crippen LogP contribution is -2.61. The Morgan fingerprint density at radius 2 is 1.13 bits per heavy atom. The van der Waals surface area contributed by atoms with E-state index in [1.807, 2.05) is 20.8 Å². The Bertz CT molecular complexity index is 1220. The molecule has 0 aromatic heterocycles. The van der Waals surface area contributed by atoms with Gasteiger partial charge in [0.25, 0.3) is 0 Å². The smallest absolute Gasteiger partial charge is 0.305 e. The fourth-order valence-corrected chi connectivity index (χ4v) is 4.63. The van der Waals surface area contributed by atoms with E-state index in [0.717, 1.165) is 0 Å². The summed E-state index contributed by atoms with van der Waals surface area (Å²) >= 11 is 0. The summed E-state index contributed by atoms with van der Waals surface area (Å²) in [6.45, 7) is 12.0. The third-order valence-corrected chi connectivity index (χ3v) is 7.85. The Kier molecular flexibility index (Phi) is 16.4. The van der Waals surface area contributed by atoms with E-state index in [-0.39, 0.29) is 12.3 Å². The van der Waals surface area contributed by atoms with E-state index in [4.69, 9.17) is 10.8 Å². The number of carbonyl (C=O) groups is 7. The zero-order valence-electron chi connectivity index (χ0n) is 27.7. The fourth-order valence-electron chi connectivity index (χ4n) is 4.63. The summed E-state index contributed by atoms with van der Waals surface area (Å²) in [6, 6.07) is 2.88. The first kappa shape index (κ1) is 39.5. The summed E-state index contributed by atoms with van der Waals surface area (Å²) in [5.74, 6) is -6.51. The highest BCUT2D eigenvalue weighted by Crippen LogP contribution is 2.14. The number of carbonyl (C=O) groups excluding carboxylic acids is 6. The second-order valence-electron chi connectivity index (χ2n) is 12.0. The summed E-state index contributed by atoms with van der Waals surface area (Å²) in [6.07, 6.45) is 0.304. The molecule has 46 heavy (non-hydrogen) atoms. The number of hydrogen-bond donors (Lipinski definition) is 7. The number of carboxylic acid groups (broad SMARTS) is 1. The van der Waals surface area contributed by atoms with Crippen LogP contribution < -0.4 is 32.3 Å². The van der Waals surface area contributed by atoms with Crippen LogP contribution in [0.15, 0.2) is 30.3 Å². The van der Waals surface area contributed by atoms with E-state index >= 15 is 0 Å². The zero-order valence-corrected chi connectivity index (χ0v) is 27.7. The van der Waals surface area contributed by atoms with Gasteiger partial charge in [-0.2, -0.15) is 0 Å². The third-order valence-electron chi connectivity index (χ3n) is 7.85. The van der Waals surface area contributed by atoms with Gasteiger partial charge in [0.1, 0.15) is 30.2 Å². The Morgan fingerprint density at radius 3 is 1.59 bits per heavy atom. The van der Waals surface area contributed by atoms with Crippen LogP contribution in [0.1, 0.15) is 73.3 Å². The van der Waals surface area contributed by atoms with Crippen molar-refractivity contribution in [2.45, 2.75) is 104 Å². The van der Waals surface area contributed by atoms with Gasteiger partial charge in [0.2, 0.25) is 35.4 Å². The molecule has 0 radical (unpaired) electrons. The number of rotatable bonds is 19. The minimum atomic E-state index is -1.52. The lowest BCUT2D eigenvalue weighted by atomic mass is 9.94. The van der Waals surface area contributed by atoms with Crippen LogP contribution in [0.3, 0.4) is 0 Å². The molecule has 0 unspecified atom stereocenters. The molecule has 256 valence electrons. The molecular weight excluding hydrogens is 596 g/mol. The van der Waals surface area contributed by atoms with E-state index in [1.54, 1.807) is 51.1 Å². The molecule has 0 saturated heterocycles. The van der Waals surface area contributed by atoms with Gasteiger partial charge in [-0.05, 0) is 23.3 Å². The summed E-state index contributed by atoms with van der Waals surface area (Å²) < 4.78 is 0. The minimum Gasteiger partial charge on any atom is -0.481 e. The summed E-state index contributed by atoms with van der Waals surface area (Å²) in [5, 5.41) is 22.2. The van der Waals surface area contributed by atoms with E-state index in [2.05, 4.69) is 26.6 Å². The Morgan fingerprint density at radius 1 is 0.674 bits per heavy atom. The number of carboxylic acids is 1. The van der Waals surface area contributed by atoms with Gasteiger partial charge in [0, 0.05) is 13.3 Å². The predicted molar refractivity (Wildman–Crippen MR) is 171 cm³/mol. The molecule has 6 amide bonds. The predicted octanol–water partition coefficient (Wildman–Crippen LogP) is 0.381. The maximum atomic E-state index is 13.7. The molecule has 1 aromatic carbocycles. The van der Waals surface area contributed by atoms with E-state index in [9.17, 15) is 33.6 Å². The number of amides is 6. The maximum absolute atomic E-state index is 13.7. The van der Waals surface area contributed by atoms with Gasteiger partial charge in [-0.1, -0.05) is 84.7 Å². The lowest BCUT2D eigenvalue weighted by Gasteiger charge is -2.31. The quantitative estimate of drug-likeness (QED) is 0.111. The molecule has 0 aliphatic heterocycles. The van der Waals surface area contributed by atoms with Crippen LogP contribution in [-0.4, -0.2) is 76.7 Å².